The molecule has 3 unspecified atom stereocenters. The summed E-state index contributed by atoms with van der Waals surface area (Å²) in [6.45, 7) is 11.9. The van der Waals surface area contributed by atoms with Gasteiger partial charge in [0.05, 0.1) is 18.8 Å². The number of carbonyl (C=O) groups excluding carboxylic acids is 1. The molecular formula is C29H59O6PS. The van der Waals surface area contributed by atoms with Gasteiger partial charge in [0.15, 0.2) is 0 Å². The Kier molecular flexibility index (Phi) is 24.6. The van der Waals surface area contributed by atoms with Gasteiger partial charge in [-0.05, 0) is 45.8 Å². The number of phosphoric ester groups is 1. The Morgan fingerprint density at radius 3 is 1.76 bits per heavy atom. The molecule has 0 aromatic carbocycles. The second kappa shape index (κ2) is 24.8. The van der Waals surface area contributed by atoms with E-state index in [1.54, 1.807) is 13.8 Å². The highest BCUT2D eigenvalue weighted by Gasteiger charge is 2.36. The summed E-state index contributed by atoms with van der Waals surface area (Å²) in [5.74, 6) is 1.06. The van der Waals surface area contributed by atoms with Gasteiger partial charge in [-0.3, -0.25) is 9.05 Å². The summed E-state index contributed by atoms with van der Waals surface area (Å²) in [5.41, 5.74) is 0. The molecule has 6 nitrogen and oxygen atoms in total. The van der Waals surface area contributed by atoms with Gasteiger partial charge in [-0.1, -0.05) is 111 Å². The van der Waals surface area contributed by atoms with Crippen LogP contribution in [0.2, 0.25) is 0 Å². The summed E-state index contributed by atoms with van der Waals surface area (Å²) in [5, 5.41) is 0.170. The topological polar surface area (TPSA) is 71.1 Å². The predicted octanol–water partition coefficient (Wildman–Crippen LogP) is 10.9. The number of hydrogen-bond acceptors (Lipinski definition) is 7. The molecule has 0 aliphatic heterocycles. The molecule has 0 N–H and O–H groups in total. The third kappa shape index (κ3) is 22.3. The Balaban J connectivity index is 4.81. The zero-order chi connectivity index (χ0) is 27.8. The van der Waals surface area contributed by atoms with Gasteiger partial charge in [-0.15, -0.1) is 0 Å². The number of carbonyl (C=O) groups is 1. The molecule has 0 saturated carbocycles. The highest BCUT2D eigenvalue weighted by atomic mass is 32.2. The molecule has 3 atom stereocenters. The van der Waals surface area contributed by atoms with Crippen LogP contribution in [0.1, 0.15) is 151 Å². The van der Waals surface area contributed by atoms with E-state index in [1.807, 2.05) is 25.6 Å². The summed E-state index contributed by atoms with van der Waals surface area (Å²) in [7, 11) is -4.07. The van der Waals surface area contributed by atoms with Crippen LogP contribution in [-0.2, 0) is 22.9 Å². The van der Waals surface area contributed by atoms with Gasteiger partial charge in [0.2, 0.25) is 0 Å². The standard InChI is InChI=1S/C29H59O6PS/c1-7-10-12-14-16-17-18-20-22-25-37-28(23-21-19-15-13-11-8-2)27(6)34-36(31,32-24-9-3)35-29(30)33-26(4)5/h26-28H,7-25H2,1-6H3. The number of rotatable bonds is 26. The molecule has 0 spiro atoms. The van der Waals surface area contributed by atoms with Crippen LogP contribution in [0.25, 0.3) is 0 Å². The van der Waals surface area contributed by atoms with Crippen molar-refractivity contribution < 1.29 is 27.7 Å². The highest BCUT2D eigenvalue weighted by molar-refractivity contribution is 7.99. The lowest BCUT2D eigenvalue weighted by atomic mass is 10.1. The first-order valence-corrected chi connectivity index (χ1v) is 17.7. The second-order valence-electron chi connectivity index (χ2n) is 10.4. The third-order valence-corrected chi connectivity index (χ3v) is 9.25. The maximum atomic E-state index is 13.3. The number of ether oxygens (including phenoxy) is 1. The van der Waals surface area contributed by atoms with Crippen LogP contribution >= 0.6 is 19.6 Å². The van der Waals surface area contributed by atoms with Crippen molar-refractivity contribution >= 4 is 25.7 Å². The lowest BCUT2D eigenvalue weighted by molar-refractivity contribution is 0.0418. The van der Waals surface area contributed by atoms with Crippen LogP contribution in [0.4, 0.5) is 4.79 Å². The molecule has 222 valence electrons. The Morgan fingerprint density at radius 2 is 1.24 bits per heavy atom. The number of phosphoric acid groups is 1. The predicted molar refractivity (Wildman–Crippen MR) is 159 cm³/mol. The minimum Gasteiger partial charge on any atom is -0.431 e. The monoisotopic (exact) mass is 566 g/mol. The number of thioether (sulfide) groups is 1. The average molecular weight is 567 g/mol. The molecule has 0 radical (unpaired) electrons. The fraction of sp³-hybridized carbons (Fsp3) is 0.966. The zero-order valence-corrected chi connectivity index (χ0v) is 26.7. The third-order valence-electron chi connectivity index (χ3n) is 6.21. The van der Waals surface area contributed by atoms with Crippen molar-refractivity contribution in [2.45, 2.75) is 168 Å². The number of unbranched alkanes of at least 4 members (excludes halogenated alkanes) is 13. The van der Waals surface area contributed by atoms with Crippen LogP contribution in [-0.4, -0.2) is 36.0 Å². The van der Waals surface area contributed by atoms with E-state index < -0.39 is 14.0 Å². The van der Waals surface area contributed by atoms with E-state index in [2.05, 4.69) is 13.8 Å². The molecular weight excluding hydrogens is 507 g/mol. The molecule has 0 aromatic rings. The molecule has 8 heteroatoms. The first kappa shape index (κ1) is 36.8. The summed E-state index contributed by atoms with van der Waals surface area (Å²) >= 11 is 1.89. The van der Waals surface area contributed by atoms with Crippen molar-refractivity contribution in [1.82, 2.24) is 0 Å². The van der Waals surface area contributed by atoms with Crippen molar-refractivity contribution in [2.75, 3.05) is 12.4 Å². The highest BCUT2D eigenvalue weighted by Crippen LogP contribution is 2.52. The van der Waals surface area contributed by atoms with E-state index >= 15 is 0 Å². The van der Waals surface area contributed by atoms with E-state index in [9.17, 15) is 9.36 Å². The van der Waals surface area contributed by atoms with E-state index in [4.69, 9.17) is 18.3 Å². The van der Waals surface area contributed by atoms with Crippen molar-refractivity contribution in [3.05, 3.63) is 0 Å². The normalized spacial score (nSPS) is 14.9. The van der Waals surface area contributed by atoms with Gasteiger partial charge in [-0.2, -0.15) is 11.8 Å². The Morgan fingerprint density at radius 1 is 0.730 bits per heavy atom. The Hall–Kier alpha value is -0.230. The minimum atomic E-state index is -4.07. The first-order chi connectivity index (χ1) is 17.8. The van der Waals surface area contributed by atoms with Crippen LogP contribution in [0.5, 0.6) is 0 Å². The molecule has 0 heterocycles. The molecule has 0 bridgehead atoms. The lowest BCUT2D eigenvalue weighted by Gasteiger charge is -2.27. The van der Waals surface area contributed by atoms with Gasteiger partial charge < -0.3 is 9.26 Å². The second-order valence-corrected chi connectivity index (χ2v) is 13.3. The van der Waals surface area contributed by atoms with Crippen molar-refractivity contribution in [1.29, 1.82) is 0 Å². The van der Waals surface area contributed by atoms with E-state index in [-0.39, 0.29) is 24.1 Å². The fourth-order valence-electron chi connectivity index (χ4n) is 4.08. The Labute approximate surface area is 233 Å². The minimum absolute atomic E-state index is 0.170. The molecule has 0 aromatic heterocycles. The maximum Gasteiger partial charge on any atom is 0.534 e. The largest absolute Gasteiger partial charge is 0.534 e. The molecule has 0 rings (SSSR count). The molecule has 0 fully saturated rings. The lowest BCUT2D eigenvalue weighted by Crippen LogP contribution is -2.25. The summed E-state index contributed by atoms with van der Waals surface area (Å²) < 4.78 is 34.7. The van der Waals surface area contributed by atoms with Crippen LogP contribution in [0.15, 0.2) is 0 Å². The smallest absolute Gasteiger partial charge is 0.431 e. The van der Waals surface area contributed by atoms with Crippen molar-refractivity contribution in [2.24, 2.45) is 0 Å². The zero-order valence-electron chi connectivity index (χ0n) is 25.0. The summed E-state index contributed by atoms with van der Waals surface area (Å²) in [4.78, 5) is 12.1. The SMILES string of the molecule is CCCCCCCCCCCSC(CCCCCCCC)C(C)OP(=O)(OCCC)OC(=O)OC(C)C. The van der Waals surface area contributed by atoms with Gasteiger partial charge in [0.25, 0.3) is 0 Å². The molecule has 0 aliphatic carbocycles. The van der Waals surface area contributed by atoms with Gasteiger partial charge in [0, 0.05) is 5.25 Å². The number of hydrogen-bond donors (Lipinski definition) is 0. The quantitative estimate of drug-likeness (QED) is 0.0585. The van der Waals surface area contributed by atoms with Crippen molar-refractivity contribution in [3.8, 4) is 0 Å². The van der Waals surface area contributed by atoms with Gasteiger partial charge in [0.1, 0.15) is 0 Å². The van der Waals surface area contributed by atoms with E-state index in [1.165, 1.54) is 89.9 Å². The van der Waals surface area contributed by atoms with Gasteiger partial charge >= 0.3 is 14.0 Å². The molecule has 0 amide bonds. The van der Waals surface area contributed by atoms with Crippen molar-refractivity contribution in [3.63, 3.8) is 0 Å². The fourth-order valence-corrected chi connectivity index (χ4v) is 6.84. The maximum absolute atomic E-state index is 13.3. The van der Waals surface area contributed by atoms with Crippen LogP contribution in [0, 0.1) is 0 Å². The summed E-state index contributed by atoms with van der Waals surface area (Å²) in [6.07, 6.45) is 19.0. The Bertz CT molecular complexity index is 575. The van der Waals surface area contributed by atoms with Gasteiger partial charge in [-0.25, -0.2) is 9.36 Å². The van der Waals surface area contributed by atoms with E-state index in [0.717, 1.165) is 18.6 Å². The molecule has 37 heavy (non-hydrogen) atoms. The molecule has 0 aliphatic rings. The summed E-state index contributed by atoms with van der Waals surface area (Å²) in [6, 6.07) is 0. The first-order valence-electron chi connectivity index (χ1n) is 15.2. The van der Waals surface area contributed by atoms with E-state index in [0.29, 0.717) is 6.42 Å². The average Bonchev–Trinajstić information content (AvgIpc) is 2.83. The molecule has 0 saturated heterocycles. The van der Waals surface area contributed by atoms with Crippen LogP contribution < -0.4 is 0 Å². The van der Waals surface area contributed by atoms with Crippen LogP contribution in [0.3, 0.4) is 0 Å².